The summed E-state index contributed by atoms with van der Waals surface area (Å²) in [5.41, 5.74) is 2.42. The molecule has 0 saturated heterocycles. The van der Waals surface area contributed by atoms with Crippen molar-refractivity contribution in [3.05, 3.63) is 42.1 Å². The van der Waals surface area contributed by atoms with Crippen LogP contribution >= 0.6 is 0 Å². The number of aryl methyl sites for hydroxylation is 1. The zero-order valence-electron chi connectivity index (χ0n) is 8.96. The van der Waals surface area contributed by atoms with Crippen molar-refractivity contribution in [2.24, 2.45) is 0 Å². The van der Waals surface area contributed by atoms with E-state index < -0.39 is 0 Å². The lowest BCUT2D eigenvalue weighted by Gasteiger charge is -1.99. The van der Waals surface area contributed by atoms with Gasteiger partial charge in [-0.1, -0.05) is 37.6 Å². The van der Waals surface area contributed by atoms with Crippen LogP contribution in [-0.4, -0.2) is 0 Å². The van der Waals surface area contributed by atoms with Crippen molar-refractivity contribution >= 4 is 5.69 Å². The molecule has 0 spiro atoms. The SMILES string of the molecule is C/C=C/Nc1ccc(C)cc1.CC. The molecule has 13 heavy (non-hydrogen) atoms. The summed E-state index contributed by atoms with van der Waals surface area (Å²) in [4.78, 5) is 0. The maximum absolute atomic E-state index is 3.14. The molecule has 0 saturated carbocycles. The summed E-state index contributed by atoms with van der Waals surface area (Å²) in [7, 11) is 0. The molecule has 1 N–H and O–H groups in total. The van der Waals surface area contributed by atoms with Crippen LogP contribution in [-0.2, 0) is 0 Å². The third-order valence-electron chi connectivity index (χ3n) is 1.47. The Bertz CT molecular complexity index is 234. The van der Waals surface area contributed by atoms with Gasteiger partial charge in [0.25, 0.3) is 0 Å². The van der Waals surface area contributed by atoms with E-state index in [1.165, 1.54) is 5.56 Å². The van der Waals surface area contributed by atoms with Crippen LogP contribution in [0, 0.1) is 6.92 Å². The van der Waals surface area contributed by atoms with Gasteiger partial charge in [0.05, 0.1) is 0 Å². The number of benzene rings is 1. The molecule has 0 radical (unpaired) electrons. The standard InChI is InChI=1S/C10H13N.C2H6/c1-3-8-11-10-6-4-9(2)5-7-10;1-2/h3-8,11H,1-2H3;1-2H3/b8-3+;. The highest BCUT2D eigenvalue weighted by Crippen LogP contribution is 2.07. The molecule has 72 valence electrons. The van der Waals surface area contributed by atoms with Gasteiger partial charge in [-0.25, -0.2) is 0 Å². The Hall–Kier alpha value is -1.24. The normalized spacial score (nSPS) is 9.23. The lowest BCUT2D eigenvalue weighted by atomic mass is 10.2. The number of hydrogen-bond acceptors (Lipinski definition) is 1. The highest BCUT2D eigenvalue weighted by molar-refractivity contribution is 5.46. The summed E-state index contributed by atoms with van der Waals surface area (Å²) >= 11 is 0. The van der Waals surface area contributed by atoms with E-state index >= 15 is 0 Å². The molecule has 0 fully saturated rings. The molecule has 0 amide bonds. The Balaban J connectivity index is 0.000000671. The maximum atomic E-state index is 3.14. The van der Waals surface area contributed by atoms with Crippen molar-refractivity contribution in [1.29, 1.82) is 0 Å². The first-order valence-corrected chi connectivity index (χ1v) is 4.77. The molecule has 1 rings (SSSR count). The van der Waals surface area contributed by atoms with Crippen LogP contribution in [0.1, 0.15) is 26.3 Å². The third kappa shape index (κ3) is 5.07. The number of rotatable bonds is 2. The summed E-state index contributed by atoms with van der Waals surface area (Å²) in [5, 5.41) is 3.14. The summed E-state index contributed by atoms with van der Waals surface area (Å²) in [5.74, 6) is 0. The first kappa shape index (κ1) is 11.8. The van der Waals surface area contributed by atoms with Gasteiger partial charge in [0.2, 0.25) is 0 Å². The van der Waals surface area contributed by atoms with Crippen LogP contribution in [0.5, 0.6) is 0 Å². The average molecular weight is 177 g/mol. The lowest BCUT2D eigenvalue weighted by Crippen LogP contribution is -1.85. The van der Waals surface area contributed by atoms with Gasteiger partial charge in [0, 0.05) is 5.69 Å². The Morgan fingerprint density at radius 1 is 1.08 bits per heavy atom. The van der Waals surface area contributed by atoms with Gasteiger partial charge >= 0.3 is 0 Å². The second-order valence-corrected chi connectivity index (χ2v) is 2.51. The van der Waals surface area contributed by atoms with Crippen LogP contribution in [0.4, 0.5) is 5.69 Å². The second-order valence-electron chi connectivity index (χ2n) is 2.51. The Morgan fingerprint density at radius 3 is 2.08 bits per heavy atom. The Kier molecular flexibility index (Phi) is 6.70. The highest BCUT2D eigenvalue weighted by atomic mass is 14.8. The minimum Gasteiger partial charge on any atom is -0.362 e. The molecule has 0 aliphatic rings. The van der Waals surface area contributed by atoms with Crippen molar-refractivity contribution in [1.82, 2.24) is 0 Å². The molecular formula is C12H19N. The summed E-state index contributed by atoms with van der Waals surface area (Å²) in [6.45, 7) is 8.07. The van der Waals surface area contributed by atoms with Crippen molar-refractivity contribution in [2.45, 2.75) is 27.7 Å². The Labute approximate surface area is 81.5 Å². The van der Waals surface area contributed by atoms with Crippen molar-refractivity contribution in [3.63, 3.8) is 0 Å². The van der Waals surface area contributed by atoms with Gasteiger partial charge in [0.1, 0.15) is 0 Å². The first-order chi connectivity index (χ1) is 6.33. The third-order valence-corrected chi connectivity index (χ3v) is 1.47. The topological polar surface area (TPSA) is 12.0 Å². The van der Waals surface area contributed by atoms with E-state index in [0.717, 1.165) is 5.69 Å². The minimum absolute atomic E-state index is 1.13. The van der Waals surface area contributed by atoms with Gasteiger partial charge in [0.15, 0.2) is 0 Å². The molecule has 0 aliphatic heterocycles. The number of nitrogens with one attached hydrogen (secondary N) is 1. The zero-order chi connectivity index (χ0) is 10.1. The summed E-state index contributed by atoms with van der Waals surface area (Å²) in [6, 6.07) is 8.31. The molecule has 1 heteroatoms. The monoisotopic (exact) mass is 177 g/mol. The van der Waals surface area contributed by atoms with Crippen LogP contribution in [0.2, 0.25) is 0 Å². The van der Waals surface area contributed by atoms with Crippen molar-refractivity contribution in [3.8, 4) is 0 Å². The van der Waals surface area contributed by atoms with Gasteiger partial charge in [-0.05, 0) is 32.2 Å². The molecule has 0 aliphatic carbocycles. The quantitative estimate of drug-likeness (QED) is 0.720. The van der Waals surface area contributed by atoms with Crippen molar-refractivity contribution < 1.29 is 0 Å². The number of hydrogen-bond donors (Lipinski definition) is 1. The molecule has 1 nitrogen and oxygen atoms in total. The number of anilines is 1. The smallest absolute Gasteiger partial charge is 0.0379 e. The Morgan fingerprint density at radius 2 is 1.62 bits per heavy atom. The van der Waals surface area contributed by atoms with Gasteiger partial charge in [-0.2, -0.15) is 0 Å². The maximum Gasteiger partial charge on any atom is 0.0379 e. The van der Waals surface area contributed by atoms with Crippen molar-refractivity contribution in [2.75, 3.05) is 5.32 Å². The zero-order valence-corrected chi connectivity index (χ0v) is 8.96. The van der Waals surface area contributed by atoms with Crippen LogP contribution < -0.4 is 5.32 Å². The van der Waals surface area contributed by atoms with Gasteiger partial charge < -0.3 is 5.32 Å². The lowest BCUT2D eigenvalue weighted by molar-refractivity contribution is 1.45. The molecule has 1 aromatic rings. The van der Waals surface area contributed by atoms with E-state index in [1.807, 2.05) is 33.0 Å². The van der Waals surface area contributed by atoms with E-state index in [1.54, 1.807) is 0 Å². The predicted molar refractivity (Wildman–Crippen MR) is 61.0 cm³/mol. The highest BCUT2D eigenvalue weighted by Gasteiger charge is 1.85. The largest absolute Gasteiger partial charge is 0.362 e. The molecule has 0 bridgehead atoms. The molecule has 0 heterocycles. The molecule has 0 atom stereocenters. The van der Waals surface area contributed by atoms with E-state index in [0.29, 0.717) is 0 Å². The van der Waals surface area contributed by atoms with Gasteiger partial charge in [-0.3, -0.25) is 0 Å². The second kappa shape index (κ2) is 7.41. The molecule has 0 unspecified atom stereocenters. The molecule has 1 aromatic carbocycles. The van der Waals surface area contributed by atoms with Crippen LogP contribution in [0.25, 0.3) is 0 Å². The van der Waals surface area contributed by atoms with Crippen LogP contribution in [0.15, 0.2) is 36.5 Å². The van der Waals surface area contributed by atoms with Crippen LogP contribution in [0.3, 0.4) is 0 Å². The minimum atomic E-state index is 1.13. The fourth-order valence-electron chi connectivity index (χ4n) is 0.829. The summed E-state index contributed by atoms with van der Waals surface area (Å²) in [6.07, 6.45) is 3.89. The summed E-state index contributed by atoms with van der Waals surface area (Å²) < 4.78 is 0. The first-order valence-electron chi connectivity index (χ1n) is 4.77. The number of allylic oxidation sites excluding steroid dienone is 1. The fraction of sp³-hybridized carbons (Fsp3) is 0.333. The van der Waals surface area contributed by atoms with E-state index in [4.69, 9.17) is 0 Å². The van der Waals surface area contributed by atoms with E-state index in [-0.39, 0.29) is 0 Å². The average Bonchev–Trinajstić information content (AvgIpc) is 2.20. The molecule has 0 aromatic heterocycles. The van der Waals surface area contributed by atoms with Gasteiger partial charge in [-0.15, -0.1) is 0 Å². The predicted octanol–water partition coefficient (Wildman–Crippen LogP) is 3.97. The van der Waals surface area contributed by atoms with E-state index in [2.05, 4.69) is 36.5 Å². The molecular weight excluding hydrogens is 158 g/mol. The van der Waals surface area contributed by atoms with E-state index in [9.17, 15) is 0 Å². The fourth-order valence-corrected chi connectivity index (χ4v) is 0.829.